The van der Waals surface area contributed by atoms with Gasteiger partial charge in [-0.3, -0.25) is 9.59 Å². The van der Waals surface area contributed by atoms with Crippen LogP contribution in [0, 0.1) is 0 Å². The van der Waals surface area contributed by atoms with E-state index in [-0.39, 0.29) is 17.1 Å². The maximum atomic E-state index is 12.2. The standard InChI is InChI=1S/C15H18N4O2S/c1-10(22-15-16-8-9-19(15)3)14(21)18-13-6-4-12(5-7-13)17-11(2)20/h4-10H,1-3H3,(H,17,20)(H,18,21)/t10-/m0/s1. The normalized spacial score (nSPS) is 11.8. The van der Waals surface area contributed by atoms with Crippen molar-refractivity contribution in [2.45, 2.75) is 24.3 Å². The fourth-order valence-electron chi connectivity index (χ4n) is 1.76. The van der Waals surface area contributed by atoms with Crippen LogP contribution in [0.4, 0.5) is 11.4 Å². The van der Waals surface area contributed by atoms with E-state index in [2.05, 4.69) is 15.6 Å². The van der Waals surface area contributed by atoms with Crippen molar-refractivity contribution >= 4 is 35.0 Å². The molecular formula is C15H18N4O2S. The molecule has 116 valence electrons. The molecule has 0 aliphatic carbocycles. The van der Waals surface area contributed by atoms with Gasteiger partial charge in [0.25, 0.3) is 0 Å². The van der Waals surface area contributed by atoms with Crippen LogP contribution < -0.4 is 10.6 Å². The van der Waals surface area contributed by atoms with Gasteiger partial charge in [0.15, 0.2) is 5.16 Å². The number of rotatable bonds is 5. The van der Waals surface area contributed by atoms with Crippen molar-refractivity contribution in [1.82, 2.24) is 9.55 Å². The van der Waals surface area contributed by atoms with E-state index in [1.165, 1.54) is 18.7 Å². The van der Waals surface area contributed by atoms with E-state index in [0.717, 1.165) is 5.16 Å². The van der Waals surface area contributed by atoms with Crippen molar-refractivity contribution < 1.29 is 9.59 Å². The number of hydrogen-bond acceptors (Lipinski definition) is 4. The third-order valence-corrected chi connectivity index (χ3v) is 4.07. The summed E-state index contributed by atoms with van der Waals surface area (Å²) in [6.45, 7) is 3.28. The summed E-state index contributed by atoms with van der Waals surface area (Å²) in [6, 6.07) is 6.99. The van der Waals surface area contributed by atoms with E-state index in [1.54, 1.807) is 30.5 Å². The highest BCUT2D eigenvalue weighted by Crippen LogP contribution is 2.22. The zero-order chi connectivity index (χ0) is 16.1. The van der Waals surface area contributed by atoms with E-state index >= 15 is 0 Å². The number of hydrogen-bond donors (Lipinski definition) is 2. The molecule has 0 bridgehead atoms. The second-order valence-electron chi connectivity index (χ2n) is 4.83. The highest BCUT2D eigenvalue weighted by Gasteiger charge is 2.16. The Hall–Kier alpha value is -2.28. The van der Waals surface area contributed by atoms with E-state index < -0.39 is 0 Å². The third kappa shape index (κ3) is 4.36. The number of nitrogens with zero attached hydrogens (tertiary/aromatic N) is 2. The van der Waals surface area contributed by atoms with Crippen LogP contribution >= 0.6 is 11.8 Å². The number of carbonyl (C=O) groups is 2. The lowest BCUT2D eigenvalue weighted by atomic mass is 10.2. The first kappa shape index (κ1) is 16.1. The molecule has 0 fully saturated rings. The van der Waals surface area contributed by atoms with Crippen LogP contribution in [0.3, 0.4) is 0 Å². The molecule has 1 atom stereocenters. The van der Waals surface area contributed by atoms with Crippen LogP contribution in [0.2, 0.25) is 0 Å². The van der Waals surface area contributed by atoms with Gasteiger partial charge in [0, 0.05) is 37.7 Å². The summed E-state index contributed by atoms with van der Waals surface area (Å²) in [7, 11) is 1.89. The maximum Gasteiger partial charge on any atom is 0.237 e. The Morgan fingerprint density at radius 2 is 1.77 bits per heavy atom. The van der Waals surface area contributed by atoms with Crippen LogP contribution in [0.15, 0.2) is 41.8 Å². The minimum atomic E-state index is -0.267. The van der Waals surface area contributed by atoms with Crippen LogP contribution in [-0.4, -0.2) is 26.6 Å². The zero-order valence-electron chi connectivity index (χ0n) is 12.7. The topological polar surface area (TPSA) is 76.0 Å². The highest BCUT2D eigenvalue weighted by atomic mass is 32.2. The van der Waals surface area contributed by atoms with Gasteiger partial charge in [-0.15, -0.1) is 0 Å². The Bertz CT molecular complexity index is 666. The van der Waals surface area contributed by atoms with Crippen molar-refractivity contribution in [1.29, 1.82) is 0 Å². The lowest BCUT2D eigenvalue weighted by Gasteiger charge is -2.12. The van der Waals surface area contributed by atoms with Gasteiger partial charge in [-0.2, -0.15) is 0 Å². The van der Waals surface area contributed by atoms with Crippen molar-refractivity contribution in [2.24, 2.45) is 7.05 Å². The van der Waals surface area contributed by atoms with Gasteiger partial charge < -0.3 is 15.2 Å². The van der Waals surface area contributed by atoms with Crippen molar-refractivity contribution in [3.63, 3.8) is 0 Å². The molecule has 2 N–H and O–H groups in total. The molecule has 0 saturated heterocycles. The van der Waals surface area contributed by atoms with Gasteiger partial charge >= 0.3 is 0 Å². The van der Waals surface area contributed by atoms with Crippen LogP contribution in [0.1, 0.15) is 13.8 Å². The van der Waals surface area contributed by atoms with Gasteiger partial charge in [0.05, 0.1) is 5.25 Å². The van der Waals surface area contributed by atoms with Crippen molar-refractivity contribution in [2.75, 3.05) is 10.6 Å². The van der Waals surface area contributed by atoms with Gasteiger partial charge in [-0.05, 0) is 31.2 Å². The lowest BCUT2D eigenvalue weighted by molar-refractivity contribution is -0.115. The number of thioether (sulfide) groups is 1. The summed E-state index contributed by atoms with van der Waals surface area (Å²) < 4.78 is 1.87. The fourth-order valence-corrected chi connectivity index (χ4v) is 2.59. The Morgan fingerprint density at radius 1 is 1.18 bits per heavy atom. The number of aryl methyl sites for hydroxylation is 1. The summed E-state index contributed by atoms with van der Waals surface area (Å²) in [4.78, 5) is 27.3. The van der Waals surface area contributed by atoms with Gasteiger partial charge in [-0.25, -0.2) is 4.98 Å². The SMILES string of the molecule is CC(=O)Nc1ccc(NC(=O)[C@H](C)Sc2nccn2C)cc1. The molecule has 1 aromatic carbocycles. The largest absolute Gasteiger partial charge is 0.329 e. The van der Waals surface area contributed by atoms with Crippen LogP contribution in [0.5, 0.6) is 0 Å². The molecule has 22 heavy (non-hydrogen) atoms. The fraction of sp³-hybridized carbons (Fsp3) is 0.267. The molecule has 2 amide bonds. The van der Waals surface area contributed by atoms with Gasteiger partial charge in [0.1, 0.15) is 0 Å². The molecule has 1 aromatic heterocycles. The summed E-state index contributed by atoms with van der Waals surface area (Å²) in [5, 5.41) is 6.05. The lowest BCUT2D eigenvalue weighted by Crippen LogP contribution is -2.22. The molecule has 1 heterocycles. The van der Waals surface area contributed by atoms with E-state index in [4.69, 9.17) is 0 Å². The van der Waals surface area contributed by atoms with E-state index in [9.17, 15) is 9.59 Å². The first-order valence-corrected chi connectivity index (χ1v) is 7.66. The number of carbonyl (C=O) groups excluding carboxylic acids is 2. The van der Waals surface area contributed by atoms with Gasteiger partial charge in [0.2, 0.25) is 11.8 Å². The predicted octanol–water partition coefficient (Wildman–Crippen LogP) is 2.50. The molecule has 0 radical (unpaired) electrons. The molecule has 0 aliphatic rings. The molecule has 2 aromatic rings. The molecular weight excluding hydrogens is 300 g/mol. The molecule has 7 heteroatoms. The second-order valence-corrected chi connectivity index (χ2v) is 6.14. The van der Waals surface area contributed by atoms with E-state index in [1.807, 2.05) is 24.7 Å². The molecule has 0 saturated carbocycles. The number of anilines is 2. The first-order valence-electron chi connectivity index (χ1n) is 6.78. The quantitative estimate of drug-likeness (QED) is 0.831. The predicted molar refractivity (Wildman–Crippen MR) is 87.9 cm³/mol. The molecule has 0 aliphatic heterocycles. The summed E-state index contributed by atoms with van der Waals surface area (Å²) in [5.41, 5.74) is 1.38. The second kappa shape index (κ2) is 7.13. The van der Waals surface area contributed by atoms with E-state index in [0.29, 0.717) is 11.4 Å². The Morgan fingerprint density at radius 3 is 2.27 bits per heavy atom. The summed E-state index contributed by atoms with van der Waals surface area (Å²) >= 11 is 1.40. The minimum absolute atomic E-state index is 0.0970. The van der Waals surface area contributed by atoms with Crippen molar-refractivity contribution in [3.8, 4) is 0 Å². The number of nitrogens with one attached hydrogen (secondary N) is 2. The zero-order valence-corrected chi connectivity index (χ0v) is 13.5. The molecule has 2 rings (SSSR count). The number of benzene rings is 1. The highest BCUT2D eigenvalue weighted by molar-refractivity contribution is 8.00. The first-order chi connectivity index (χ1) is 10.5. The molecule has 0 unspecified atom stereocenters. The average Bonchev–Trinajstić information content (AvgIpc) is 2.86. The molecule has 6 nitrogen and oxygen atoms in total. The number of aromatic nitrogens is 2. The van der Waals surface area contributed by atoms with Gasteiger partial charge in [-0.1, -0.05) is 11.8 Å². The Balaban J connectivity index is 1.93. The van der Waals surface area contributed by atoms with Crippen molar-refractivity contribution in [3.05, 3.63) is 36.7 Å². The summed E-state index contributed by atoms with van der Waals surface area (Å²) in [6.07, 6.45) is 3.54. The number of amides is 2. The monoisotopic (exact) mass is 318 g/mol. The average molecular weight is 318 g/mol. The molecule has 0 spiro atoms. The summed E-state index contributed by atoms with van der Waals surface area (Å²) in [5.74, 6) is -0.225. The Labute approximate surface area is 133 Å². The Kier molecular flexibility index (Phi) is 5.21. The maximum absolute atomic E-state index is 12.2. The van der Waals surface area contributed by atoms with Crippen LogP contribution in [-0.2, 0) is 16.6 Å². The van der Waals surface area contributed by atoms with Crippen LogP contribution in [0.25, 0.3) is 0 Å². The smallest absolute Gasteiger partial charge is 0.237 e. The minimum Gasteiger partial charge on any atom is -0.329 e. The third-order valence-electron chi connectivity index (χ3n) is 2.90. The number of imidazole rings is 1.